The number of amides is 1. The zero-order valence-electron chi connectivity index (χ0n) is 10.9. The van der Waals surface area contributed by atoms with Crippen LogP contribution in [0.1, 0.15) is 51.9 Å². The lowest BCUT2D eigenvalue weighted by atomic mass is 9.72. The molecule has 2 saturated heterocycles. The Morgan fingerprint density at radius 1 is 1.28 bits per heavy atom. The van der Waals surface area contributed by atoms with Crippen LogP contribution in [0.5, 0.6) is 0 Å². The van der Waals surface area contributed by atoms with Gasteiger partial charge in [0.1, 0.15) is 0 Å². The summed E-state index contributed by atoms with van der Waals surface area (Å²) >= 11 is 0. The number of carboxylic acid groups (broad SMARTS) is 1. The molecule has 4 heteroatoms. The second-order valence-corrected chi connectivity index (χ2v) is 6.14. The Morgan fingerprint density at radius 2 is 2.00 bits per heavy atom. The minimum Gasteiger partial charge on any atom is -0.481 e. The van der Waals surface area contributed by atoms with Crippen LogP contribution < -0.4 is 0 Å². The first-order chi connectivity index (χ1) is 8.60. The highest BCUT2D eigenvalue weighted by Crippen LogP contribution is 2.53. The number of hydrogen-bond acceptors (Lipinski definition) is 2. The zero-order chi connectivity index (χ0) is 12.9. The molecule has 1 amide bonds. The minimum atomic E-state index is -0.705. The van der Waals surface area contributed by atoms with Crippen molar-refractivity contribution >= 4 is 11.9 Å². The third-order valence-electron chi connectivity index (χ3n) is 5.51. The molecule has 4 nitrogen and oxygen atoms in total. The largest absolute Gasteiger partial charge is 0.481 e. The summed E-state index contributed by atoms with van der Waals surface area (Å²) in [5.74, 6) is -0.275. The van der Waals surface area contributed by atoms with E-state index < -0.39 is 11.4 Å². The molecule has 1 saturated carbocycles. The van der Waals surface area contributed by atoms with Crippen molar-refractivity contribution in [2.75, 3.05) is 0 Å². The van der Waals surface area contributed by atoms with Gasteiger partial charge in [-0.15, -0.1) is 0 Å². The Kier molecular flexibility index (Phi) is 2.65. The maximum absolute atomic E-state index is 12.4. The molecule has 0 radical (unpaired) electrons. The lowest BCUT2D eigenvalue weighted by Crippen LogP contribution is -2.47. The number of hydrogen-bond donors (Lipinski definition) is 1. The Morgan fingerprint density at radius 3 is 2.44 bits per heavy atom. The summed E-state index contributed by atoms with van der Waals surface area (Å²) < 4.78 is 0. The third-order valence-corrected chi connectivity index (χ3v) is 5.51. The number of aliphatic carboxylic acids is 1. The van der Waals surface area contributed by atoms with Crippen LogP contribution in [0, 0.1) is 11.3 Å². The summed E-state index contributed by atoms with van der Waals surface area (Å²) in [5.41, 5.74) is -0.664. The van der Waals surface area contributed by atoms with Crippen molar-refractivity contribution in [1.29, 1.82) is 0 Å². The van der Waals surface area contributed by atoms with E-state index in [2.05, 4.69) is 0 Å². The maximum atomic E-state index is 12.4. The molecule has 0 unspecified atom stereocenters. The van der Waals surface area contributed by atoms with Crippen LogP contribution in [-0.4, -0.2) is 34.0 Å². The molecule has 0 spiro atoms. The molecule has 1 aliphatic carbocycles. The summed E-state index contributed by atoms with van der Waals surface area (Å²) in [5, 5.41) is 9.56. The molecule has 0 aromatic rings. The third kappa shape index (κ3) is 1.38. The van der Waals surface area contributed by atoms with Gasteiger partial charge in [0.25, 0.3) is 0 Å². The summed E-state index contributed by atoms with van der Waals surface area (Å²) in [6.07, 6.45) is 6.33. The fourth-order valence-electron chi connectivity index (χ4n) is 4.14. The van der Waals surface area contributed by atoms with E-state index in [-0.39, 0.29) is 23.9 Å². The van der Waals surface area contributed by atoms with Gasteiger partial charge in [-0.05, 0) is 38.5 Å². The fourth-order valence-corrected chi connectivity index (χ4v) is 4.14. The van der Waals surface area contributed by atoms with Crippen LogP contribution in [0.4, 0.5) is 0 Å². The van der Waals surface area contributed by atoms with Crippen molar-refractivity contribution in [1.82, 2.24) is 4.90 Å². The van der Waals surface area contributed by atoms with Gasteiger partial charge in [-0.25, -0.2) is 0 Å². The molecule has 3 aliphatic rings. The summed E-state index contributed by atoms with van der Waals surface area (Å²) in [7, 11) is 0. The van der Waals surface area contributed by atoms with Crippen LogP contribution in [0.3, 0.4) is 0 Å². The highest BCUT2D eigenvalue weighted by Gasteiger charge is 2.61. The normalized spacial score (nSPS) is 38.8. The molecule has 2 heterocycles. The molecule has 3 fully saturated rings. The van der Waals surface area contributed by atoms with Crippen molar-refractivity contribution < 1.29 is 14.7 Å². The van der Waals surface area contributed by atoms with E-state index in [9.17, 15) is 14.7 Å². The Labute approximate surface area is 107 Å². The van der Waals surface area contributed by atoms with Crippen molar-refractivity contribution in [2.45, 2.75) is 64.0 Å². The predicted octanol–water partition coefficient (Wildman–Crippen LogP) is 2.03. The number of carbonyl (C=O) groups is 2. The number of nitrogens with zero attached hydrogens (tertiary/aromatic N) is 1. The van der Waals surface area contributed by atoms with Gasteiger partial charge in [-0.1, -0.05) is 13.3 Å². The molecule has 0 aromatic heterocycles. The van der Waals surface area contributed by atoms with Crippen LogP contribution in [0.25, 0.3) is 0 Å². The molecular weight excluding hydrogens is 230 g/mol. The standard InChI is InChI=1S/C14H21NO3/c1-2-14(13(17)18)8-10-6-7-11(14)15(10)12(16)9-4-3-5-9/h9-11H,2-8H2,1H3,(H,17,18)/t10-,11+,14+/m0/s1. The maximum Gasteiger partial charge on any atom is 0.311 e. The van der Waals surface area contributed by atoms with Gasteiger partial charge in [-0.3, -0.25) is 9.59 Å². The summed E-state index contributed by atoms with van der Waals surface area (Å²) in [4.78, 5) is 26.0. The number of carbonyl (C=O) groups excluding carboxylic acids is 1. The summed E-state index contributed by atoms with van der Waals surface area (Å²) in [6.45, 7) is 1.95. The molecule has 100 valence electrons. The van der Waals surface area contributed by atoms with Gasteiger partial charge < -0.3 is 10.0 Å². The van der Waals surface area contributed by atoms with Crippen LogP contribution >= 0.6 is 0 Å². The van der Waals surface area contributed by atoms with Gasteiger partial charge in [0.2, 0.25) is 5.91 Å². The van der Waals surface area contributed by atoms with Gasteiger partial charge in [0, 0.05) is 18.0 Å². The topological polar surface area (TPSA) is 57.6 Å². The second-order valence-electron chi connectivity index (χ2n) is 6.14. The average molecular weight is 251 g/mol. The van der Waals surface area contributed by atoms with E-state index in [1.54, 1.807) is 0 Å². The SMILES string of the molecule is CC[C@@]1(C(=O)O)C[C@@H]2CC[C@H]1N2C(=O)C1CCC1. The predicted molar refractivity (Wildman–Crippen MR) is 66.0 cm³/mol. The van der Waals surface area contributed by atoms with Crippen molar-refractivity contribution in [2.24, 2.45) is 11.3 Å². The highest BCUT2D eigenvalue weighted by atomic mass is 16.4. The van der Waals surface area contributed by atoms with Gasteiger partial charge in [0.15, 0.2) is 0 Å². The molecule has 0 aromatic carbocycles. The second kappa shape index (κ2) is 3.97. The van der Waals surface area contributed by atoms with E-state index in [1.807, 2.05) is 11.8 Å². The first-order valence-electron chi connectivity index (χ1n) is 7.15. The first-order valence-corrected chi connectivity index (χ1v) is 7.15. The summed E-state index contributed by atoms with van der Waals surface area (Å²) in [6, 6.07) is 0.150. The Bertz CT molecular complexity index is 391. The van der Waals surface area contributed by atoms with Crippen LogP contribution in [-0.2, 0) is 9.59 Å². The smallest absolute Gasteiger partial charge is 0.311 e. The van der Waals surface area contributed by atoms with Crippen LogP contribution in [0.2, 0.25) is 0 Å². The quantitative estimate of drug-likeness (QED) is 0.835. The number of fused-ring (bicyclic) bond motifs is 2. The Hall–Kier alpha value is -1.06. The Balaban J connectivity index is 1.86. The molecule has 2 aliphatic heterocycles. The minimum absolute atomic E-state index is 0.0434. The molecular formula is C14H21NO3. The van der Waals surface area contributed by atoms with E-state index in [1.165, 1.54) is 0 Å². The number of rotatable bonds is 3. The lowest BCUT2D eigenvalue weighted by molar-refractivity contribution is -0.152. The van der Waals surface area contributed by atoms with Crippen LogP contribution in [0.15, 0.2) is 0 Å². The molecule has 3 rings (SSSR count). The van der Waals surface area contributed by atoms with Gasteiger partial charge in [-0.2, -0.15) is 0 Å². The van der Waals surface area contributed by atoms with E-state index >= 15 is 0 Å². The molecule has 2 bridgehead atoms. The molecule has 3 atom stereocenters. The van der Waals surface area contributed by atoms with Gasteiger partial charge in [0.05, 0.1) is 5.41 Å². The molecule has 1 N–H and O–H groups in total. The van der Waals surface area contributed by atoms with Crippen molar-refractivity contribution in [3.05, 3.63) is 0 Å². The van der Waals surface area contributed by atoms with Gasteiger partial charge >= 0.3 is 5.97 Å². The first kappa shape index (κ1) is 12.0. The lowest BCUT2D eigenvalue weighted by Gasteiger charge is -2.35. The zero-order valence-corrected chi connectivity index (χ0v) is 10.9. The van der Waals surface area contributed by atoms with E-state index in [0.717, 1.165) is 32.1 Å². The van der Waals surface area contributed by atoms with E-state index in [4.69, 9.17) is 0 Å². The number of carboxylic acids is 1. The highest BCUT2D eigenvalue weighted by molar-refractivity contribution is 5.84. The molecule has 18 heavy (non-hydrogen) atoms. The monoisotopic (exact) mass is 251 g/mol. The van der Waals surface area contributed by atoms with E-state index in [0.29, 0.717) is 12.8 Å². The average Bonchev–Trinajstić information content (AvgIpc) is 2.81. The fraction of sp³-hybridized carbons (Fsp3) is 0.857. The van der Waals surface area contributed by atoms with Crippen molar-refractivity contribution in [3.8, 4) is 0 Å². The van der Waals surface area contributed by atoms with Crippen molar-refractivity contribution in [3.63, 3.8) is 0 Å².